The first-order valence-electron chi connectivity index (χ1n) is 3.94. The molecule has 0 amide bonds. The van der Waals surface area contributed by atoms with Crippen molar-refractivity contribution in [3.05, 3.63) is 27.8 Å². The number of nitrogens with zero attached hydrogens (tertiary/aromatic N) is 3. The molecule has 2 rings (SSSR count). The third-order valence-electron chi connectivity index (χ3n) is 1.57. The lowest BCUT2D eigenvalue weighted by Crippen LogP contribution is -1.88. The zero-order valence-corrected chi connectivity index (χ0v) is 8.26. The molecule has 2 aromatic rings. The Labute approximate surface area is 79.6 Å². The lowest BCUT2D eigenvalue weighted by atomic mass is 10.3. The van der Waals surface area contributed by atoms with E-state index in [0.717, 1.165) is 10.7 Å². The fourth-order valence-corrected chi connectivity index (χ4v) is 1.67. The van der Waals surface area contributed by atoms with E-state index in [4.69, 9.17) is 4.52 Å². The average Bonchev–Trinajstić information content (AvgIpc) is 2.62. The molecule has 0 N–H and O–H groups in total. The lowest BCUT2D eigenvalue weighted by Gasteiger charge is -1.86. The first-order chi connectivity index (χ1) is 6.24. The predicted octanol–water partition coefficient (Wildman–Crippen LogP) is 1.73. The van der Waals surface area contributed by atoms with Crippen molar-refractivity contribution in [1.82, 2.24) is 15.1 Å². The second-order valence-electron chi connectivity index (χ2n) is 2.77. The number of aromatic nitrogens is 3. The van der Waals surface area contributed by atoms with Gasteiger partial charge in [-0.05, 0) is 13.8 Å². The Morgan fingerprint density at radius 1 is 1.38 bits per heavy atom. The Bertz CT molecular complexity index is 369. The fraction of sp³-hybridized carbons (Fsp3) is 0.375. The second-order valence-corrected chi connectivity index (χ2v) is 3.83. The molecule has 5 heteroatoms. The summed E-state index contributed by atoms with van der Waals surface area (Å²) >= 11 is 1.63. The van der Waals surface area contributed by atoms with Gasteiger partial charge in [-0.15, -0.1) is 11.3 Å². The molecule has 4 nitrogen and oxygen atoms in total. The maximum atomic E-state index is 4.98. The number of hydrogen-bond acceptors (Lipinski definition) is 5. The molecule has 0 aromatic carbocycles. The minimum Gasteiger partial charge on any atom is -0.339 e. The van der Waals surface area contributed by atoms with Crippen molar-refractivity contribution in [1.29, 1.82) is 0 Å². The van der Waals surface area contributed by atoms with Crippen LogP contribution in [0.4, 0.5) is 0 Å². The van der Waals surface area contributed by atoms with Gasteiger partial charge in [0.15, 0.2) is 5.82 Å². The highest BCUT2D eigenvalue weighted by atomic mass is 32.1. The Morgan fingerprint density at radius 3 is 2.77 bits per heavy atom. The average molecular weight is 195 g/mol. The third-order valence-corrected chi connectivity index (χ3v) is 2.39. The molecule has 0 atom stereocenters. The van der Waals surface area contributed by atoms with Crippen LogP contribution in [0.5, 0.6) is 0 Å². The zero-order chi connectivity index (χ0) is 9.26. The van der Waals surface area contributed by atoms with E-state index in [1.807, 2.05) is 12.3 Å². The van der Waals surface area contributed by atoms with Crippen LogP contribution in [0.15, 0.2) is 9.90 Å². The van der Waals surface area contributed by atoms with Crippen molar-refractivity contribution in [3.8, 4) is 0 Å². The predicted molar refractivity (Wildman–Crippen MR) is 48.7 cm³/mol. The van der Waals surface area contributed by atoms with Gasteiger partial charge in [0.1, 0.15) is 0 Å². The minimum absolute atomic E-state index is 0.628. The molecule has 0 saturated heterocycles. The molecule has 0 fully saturated rings. The number of thiazole rings is 1. The summed E-state index contributed by atoms with van der Waals surface area (Å²) in [5.74, 6) is 1.30. The SMILES string of the molecule is Cc1noc(Cc2csc(C)n2)n1. The molecular weight excluding hydrogens is 186 g/mol. The van der Waals surface area contributed by atoms with E-state index < -0.39 is 0 Å². The first-order valence-corrected chi connectivity index (χ1v) is 4.82. The summed E-state index contributed by atoms with van der Waals surface area (Å²) in [5, 5.41) is 6.78. The maximum absolute atomic E-state index is 4.98. The van der Waals surface area contributed by atoms with Crippen molar-refractivity contribution in [2.24, 2.45) is 0 Å². The van der Waals surface area contributed by atoms with Crippen molar-refractivity contribution in [2.75, 3.05) is 0 Å². The summed E-state index contributed by atoms with van der Waals surface area (Å²) in [6, 6.07) is 0. The molecule has 13 heavy (non-hydrogen) atoms. The molecule has 0 aliphatic heterocycles. The van der Waals surface area contributed by atoms with Gasteiger partial charge in [-0.3, -0.25) is 0 Å². The fourth-order valence-electron chi connectivity index (χ4n) is 1.06. The monoisotopic (exact) mass is 195 g/mol. The molecular formula is C8H9N3OS. The van der Waals surface area contributed by atoms with E-state index in [1.54, 1.807) is 18.3 Å². The molecule has 0 radical (unpaired) electrons. The number of hydrogen-bond donors (Lipinski definition) is 0. The van der Waals surface area contributed by atoms with Gasteiger partial charge < -0.3 is 4.52 Å². The van der Waals surface area contributed by atoms with E-state index in [9.17, 15) is 0 Å². The van der Waals surface area contributed by atoms with Crippen LogP contribution in [0.25, 0.3) is 0 Å². The van der Waals surface area contributed by atoms with Crippen molar-refractivity contribution < 1.29 is 4.52 Å². The first kappa shape index (κ1) is 8.37. The summed E-state index contributed by atoms with van der Waals surface area (Å²) in [7, 11) is 0. The smallest absolute Gasteiger partial charge is 0.232 e. The van der Waals surface area contributed by atoms with Gasteiger partial charge in [0.2, 0.25) is 5.89 Å². The van der Waals surface area contributed by atoms with Crippen molar-refractivity contribution >= 4 is 11.3 Å². The van der Waals surface area contributed by atoms with Gasteiger partial charge in [-0.2, -0.15) is 4.98 Å². The summed E-state index contributed by atoms with van der Waals surface area (Å²) < 4.78 is 4.98. The zero-order valence-electron chi connectivity index (χ0n) is 7.44. The van der Waals surface area contributed by atoms with Crippen LogP contribution >= 0.6 is 11.3 Å². The maximum Gasteiger partial charge on any atom is 0.232 e. The standard InChI is InChI=1S/C8H9N3OS/c1-5-9-8(12-11-5)3-7-4-13-6(2)10-7/h4H,3H2,1-2H3. The van der Waals surface area contributed by atoms with E-state index >= 15 is 0 Å². The highest BCUT2D eigenvalue weighted by Crippen LogP contribution is 2.11. The van der Waals surface area contributed by atoms with Crippen LogP contribution in [-0.2, 0) is 6.42 Å². The molecule has 0 unspecified atom stereocenters. The summed E-state index contributed by atoms with van der Waals surface area (Å²) in [5.41, 5.74) is 0.992. The van der Waals surface area contributed by atoms with Crippen molar-refractivity contribution in [3.63, 3.8) is 0 Å². The van der Waals surface area contributed by atoms with Crippen LogP contribution in [0.3, 0.4) is 0 Å². The summed E-state index contributed by atoms with van der Waals surface area (Å²) in [4.78, 5) is 8.41. The Hall–Kier alpha value is -1.23. The topological polar surface area (TPSA) is 51.8 Å². The largest absolute Gasteiger partial charge is 0.339 e. The summed E-state index contributed by atoms with van der Waals surface area (Å²) in [6.45, 7) is 3.78. The molecule has 2 heterocycles. The Morgan fingerprint density at radius 2 is 2.23 bits per heavy atom. The van der Waals surface area contributed by atoms with Crippen LogP contribution in [0.1, 0.15) is 22.4 Å². The Kier molecular flexibility index (Phi) is 2.10. The molecule has 0 aliphatic rings. The molecule has 0 bridgehead atoms. The number of rotatable bonds is 2. The second kappa shape index (κ2) is 3.26. The quantitative estimate of drug-likeness (QED) is 0.732. The molecule has 0 spiro atoms. The van der Waals surface area contributed by atoms with E-state index in [0.29, 0.717) is 18.1 Å². The van der Waals surface area contributed by atoms with Gasteiger partial charge in [0.25, 0.3) is 0 Å². The van der Waals surface area contributed by atoms with E-state index in [-0.39, 0.29) is 0 Å². The normalized spacial score (nSPS) is 10.6. The van der Waals surface area contributed by atoms with Crippen LogP contribution < -0.4 is 0 Å². The highest BCUT2D eigenvalue weighted by molar-refractivity contribution is 7.09. The van der Waals surface area contributed by atoms with Gasteiger partial charge in [0, 0.05) is 5.38 Å². The van der Waals surface area contributed by atoms with E-state index in [2.05, 4.69) is 15.1 Å². The van der Waals surface area contributed by atoms with Crippen LogP contribution in [0.2, 0.25) is 0 Å². The van der Waals surface area contributed by atoms with Gasteiger partial charge in [0.05, 0.1) is 17.1 Å². The number of aryl methyl sites for hydroxylation is 2. The lowest BCUT2D eigenvalue weighted by molar-refractivity contribution is 0.380. The molecule has 2 aromatic heterocycles. The summed E-state index contributed by atoms with van der Waals surface area (Å²) in [6.07, 6.45) is 0.630. The third kappa shape index (κ3) is 1.92. The highest BCUT2D eigenvalue weighted by Gasteiger charge is 2.06. The Balaban J connectivity index is 2.14. The van der Waals surface area contributed by atoms with Gasteiger partial charge >= 0.3 is 0 Å². The molecule has 0 saturated carbocycles. The van der Waals surface area contributed by atoms with Gasteiger partial charge in [-0.1, -0.05) is 5.16 Å². The van der Waals surface area contributed by atoms with E-state index in [1.165, 1.54) is 0 Å². The molecule has 68 valence electrons. The van der Waals surface area contributed by atoms with Crippen molar-refractivity contribution in [2.45, 2.75) is 20.3 Å². The van der Waals surface area contributed by atoms with Gasteiger partial charge in [-0.25, -0.2) is 4.98 Å². The minimum atomic E-state index is 0.628. The van der Waals surface area contributed by atoms with Crippen LogP contribution in [0, 0.1) is 13.8 Å². The van der Waals surface area contributed by atoms with Crippen LogP contribution in [-0.4, -0.2) is 15.1 Å². The molecule has 0 aliphatic carbocycles.